The fourth-order valence-electron chi connectivity index (χ4n) is 1.71. The summed E-state index contributed by atoms with van der Waals surface area (Å²) in [5.74, 6) is 0. The van der Waals surface area contributed by atoms with Crippen molar-refractivity contribution in [2.75, 3.05) is 6.61 Å². The quantitative estimate of drug-likeness (QED) is 0.108. The minimum absolute atomic E-state index is 0.0875. The predicted octanol–water partition coefficient (Wildman–Crippen LogP) is -1.48. The van der Waals surface area contributed by atoms with Crippen LogP contribution in [0.1, 0.15) is 6.42 Å². The fourth-order valence-corrected chi connectivity index (χ4v) is 4.81. The lowest BCUT2D eigenvalue weighted by atomic mass is 10.1. The molecule has 0 aromatic rings. The van der Waals surface area contributed by atoms with Crippen molar-refractivity contribution >= 4 is 46.9 Å². The summed E-state index contributed by atoms with van der Waals surface area (Å²) in [4.78, 5) is 39.0. The highest BCUT2D eigenvalue weighted by Crippen LogP contribution is 2.66. The Balaban J connectivity index is 2.64. The number of hydrogen-bond acceptors (Lipinski definition) is 11. The molecule has 0 radical (unpaired) electrons. The van der Waals surface area contributed by atoms with Crippen LogP contribution in [0.25, 0.3) is 0 Å². The first kappa shape index (κ1) is 24.9. The molecule has 1 fully saturated rings. The van der Waals surface area contributed by atoms with Crippen LogP contribution in [-0.4, -0.2) is 72.1 Å². The van der Waals surface area contributed by atoms with Crippen molar-refractivity contribution in [2.45, 2.75) is 31.0 Å². The summed E-state index contributed by atoms with van der Waals surface area (Å²) in [6, 6.07) is 0. The van der Waals surface area contributed by atoms with Crippen molar-refractivity contribution in [3.63, 3.8) is 0 Å². The van der Waals surface area contributed by atoms with Crippen molar-refractivity contribution in [3.8, 4) is 0 Å². The summed E-state index contributed by atoms with van der Waals surface area (Å²) in [5.41, 5.74) is 5.24. The second kappa shape index (κ2) is 9.57. The van der Waals surface area contributed by atoms with Crippen molar-refractivity contribution in [1.29, 1.82) is 0 Å². The largest absolute Gasteiger partial charge is 0.490 e. The van der Waals surface area contributed by atoms with E-state index in [2.05, 4.69) is 30.4 Å². The van der Waals surface area contributed by atoms with Crippen LogP contribution in [0.15, 0.2) is 4.99 Å². The van der Waals surface area contributed by atoms with Crippen LogP contribution in [0, 0.1) is 0 Å². The average Bonchev–Trinajstić information content (AvgIpc) is 2.69. The zero-order chi connectivity index (χ0) is 21.0. The highest BCUT2D eigenvalue weighted by atomic mass is 32.1. The van der Waals surface area contributed by atoms with Crippen molar-refractivity contribution < 1.29 is 61.4 Å². The molecule has 0 aromatic carbocycles. The van der Waals surface area contributed by atoms with Gasteiger partial charge in [-0.2, -0.15) is 8.62 Å². The Hall–Kier alpha value is -0.150. The topological polar surface area (TPSA) is 248 Å². The molecule has 19 heteroatoms. The molecule has 27 heavy (non-hydrogen) atoms. The van der Waals surface area contributed by atoms with Gasteiger partial charge in [0.25, 0.3) is 0 Å². The average molecular weight is 474 g/mol. The van der Waals surface area contributed by atoms with E-state index in [0.717, 1.165) is 0 Å². The second-order valence-electron chi connectivity index (χ2n) is 4.94. The van der Waals surface area contributed by atoms with E-state index in [-0.39, 0.29) is 11.4 Å². The fraction of sp³-hybridized carbons (Fsp3) is 0.750. The van der Waals surface area contributed by atoms with Crippen LogP contribution in [0.2, 0.25) is 0 Å². The van der Waals surface area contributed by atoms with E-state index in [9.17, 15) is 28.8 Å². The number of thiocarbonyl (C=S) groups is 1. The molecule has 0 bridgehead atoms. The maximum atomic E-state index is 11.6. The van der Waals surface area contributed by atoms with Gasteiger partial charge in [-0.05, 0) is 0 Å². The molecule has 158 valence electrons. The van der Waals surface area contributed by atoms with Gasteiger partial charge in [0.1, 0.15) is 18.3 Å². The van der Waals surface area contributed by atoms with E-state index in [0.29, 0.717) is 0 Å². The number of aliphatic imine (C=N–C) groups is 1. The number of nitrogens with two attached hydrogens (primary N) is 1. The molecule has 1 saturated heterocycles. The first-order valence-electron chi connectivity index (χ1n) is 6.72. The number of aliphatic hydroxyl groups is 2. The Kier molecular flexibility index (Phi) is 8.82. The molecule has 0 spiro atoms. The molecular formula is C8H17N2O13P3S. The van der Waals surface area contributed by atoms with E-state index in [4.69, 9.17) is 25.2 Å². The monoisotopic (exact) mass is 474 g/mol. The molecule has 0 saturated carbocycles. The van der Waals surface area contributed by atoms with Crippen LogP contribution >= 0.6 is 35.7 Å². The molecule has 0 aromatic heterocycles. The van der Waals surface area contributed by atoms with Crippen molar-refractivity contribution in [1.82, 2.24) is 0 Å². The number of phosphoric ester groups is 1. The summed E-state index contributed by atoms with van der Waals surface area (Å²) < 4.78 is 49.7. The van der Waals surface area contributed by atoms with Gasteiger partial charge >= 0.3 is 23.5 Å². The summed E-state index contributed by atoms with van der Waals surface area (Å²) >= 11 is 4.61. The molecular weight excluding hydrogens is 457 g/mol. The van der Waals surface area contributed by atoms with E-state index in [1.54, 1.807) is 0 Å². The van der Waals surface area contributed by atoms with E-state index < -0.39 is 54.6 Å². The second-order valence-corrected chi connectivity index (χ2v) is 9.88. The molecule has 1 aliphatic heterocycles. The zero-order valence-corrected chi connectivity index (χ0v) is 16.6. The van der Waals surface area contributed by atoms with E-state index in [1.165, 1.54) is 6.21 Å². The molecule has 8 N–H and O–H groups in total. The van der Waals surface area contributed by atoms with Gasteiger partial charge in [0.15, 0.2) is 6.23 Å². The highest BCUT2D eigenvalue weighted by Gasteiger charge is 2.45. The zero-order valence-electron chi connectivity index (χ0n) is 13.1. The molecule has 0 amide bonds. The number of rotatable bonds is 10. The molecule has 1 rings (SSSR count). The van der Waals surface area contributed by atoms with Gasteiger partial charge < -0.3 is 40.3 Å². The lowest BCUT2D eigenvalue weighted by molar-refractivity contribution is -0.0188. The van der Waals surface area contributed by atoms with Crippen molar-refractivity contribution in [2.24, 2.45) is 10.7 Å². The Morgan fingerprint density at radius 2 is 1.70 bits per heavy atom. The van der Waals surface area contributed by atoms with Gasteiger partial charge in [-0.25, -0.2) is 13.7 Å². The first-order chi connectivity index (χ1) is 12.1. The minimum Gasteiger partial charge on any atom is -0.393 e. The molecule has 0 aliphatic carbocycles. The first-order valence-corrected chi connectivity index (χ1v) is 11.6. The predicted molar refractivity (Wildman–Crippen MR) is 90.4 cm³/mol. The molecule has 15 nitrogen and oxygen atoms in total. The maximum Gasteiger partial charge on any atom is 0.490 e. The molecule has 6 atom stereocenters. The number of phosphoric acid groups is 3. The third-order valence-electron chi connectivity index (χ3n) is 2.70. The summed E-state index contributed by atoms with van der Waals surface area (Å²) in [7, 11) is -16.6. The Labute approximate surface area is 157 Å². The Morgan fingerprint density at radius 3 is 2.22 bits per heavy atom. The van der Waals surface area contributed by atoms with Crippen LogP contribution in [0.4, 0.5) is 0 Å². The van der Waals surface area contributed by atoms with Crippen LogP contribution in [-0.2, 0) is 31.6 Å². The molecule has 1 heterocycles. The third-order valence-corrected chi connectivity index (χ3v) is 6.67. The standard InChI is InChI=1S/C8H17N2O13P3S/c9-5(27)1-2-10-8-7(12)6(11)4(21-8)3-20-25(16,17)23-26(18,19)22-24(13,14)15/h2,4,6-8,11-12H,1,3H2,(H2,9,27)(H,16,17)(H,18,19)(H2,13,14,15). The summed E-state index contributed by atoms with van der Waals surface area (Å²) in [5, 5.41) is 19.6. The SMILES string of the molecule is NC(=S)CC=NC1OC(COP(=O)(O)OP(=O)(O)OP(=O)(O)O)C(O)C1O. The van der Waals surface area contributed by atoms with Gasteiger partial charge in [-0.15, -0.1) is 0 Å². The van der Waals surface area contributed by atoms with Gasteiger partial charge in [-0.3, -0.25) is 9.52 Å². The van der Waals surface area contributed by atoms with E-state index >= 15 is 0 Å². The number of aliphatic hydroxyl groups excluding tert-OH is 2. The third kappa shape index (κ3) is 9.26. The van der Waals surface area contributed by atoms with Crippen LogP contribution in [0.3, 0.4) is 0 Å². The normalized spacial score (nSPS) is 30.9. The van der Waals surface area contributed by atoms with Gasteiger partial charge in [0.2, 0.25) is 0 Å². The van der Waals surface area contributed by atoms with Crippen molar-refractivity contribution in [3.05, 3.63) is 0 Å². The molecule has 6 unspecified atom stereocenters. The van der Waals surface area contributed by atoms with Crippen LogP contribution < -0.4 is 5.73 Å². The Morgan fingerprint density at radius 1 is 1.11 bits per heavy atom. The number of nitrogens with zero attached hydrogens (tertiary/aromatic N) is 1. The number of hydrogen-bond donors (Lipinski definition) is 7. The summed E-state index contributed by atoms with van der Waals surface area (Å²) in [6.07, 6.45) is -4.54. The highest BCUT2D eigenvalue weighted by molar-refractivity contribution is 7.80. The lowest BCUT2D eigenvalue weighted by Gasteiger charge is -2.18. The van der Waals surface area contributed by atoms with Crippen LogP contribution in [0.5, 0.6) is 0 Å². The Bertz CT molecular complexity index is 712. The maximum absolute atomic E-state index is 11.6. The van der Waals surface area contributed by atoms with Gasteiger partial charge in [-0.1, -0.05) is 12.2 Å². The molecule has 1 aliphatic rings. The van der Waals surface area contributed by atoms with Gasteiger partial charge in [0, 0.05) is 12.6 Å². The lowest BCUT2D eigenvalue weighted by Crippen LogP contribution is -2.34. The smallest absolute Gasteiger partial charge is 0.393 e. The number of ether oxygens (including phenoxy) is 1. The minimum atomic E-state index is -5.66. The van der Waals surface area contributed by atoms with E-state index in [1.807, 2.05) is 0 Å². The van der Waals surface area contributed by atoms with Gasteiger partial charge in [0.05, 0.1) is 11.6 Å². The summed E-state index contributed by atoms with van der Waals surface area (Å²) in [6.45, 7) is -0.927.